The quantitative estimate of drug-likeness (QED) is 0.299. The van der Waals surface area contributed by atoms with E-state index in [2.05, 4.69) is 36.2 Å². The van der Waals surface area contributed by atoms with Crippen molar-refractivity contribution in [3.63, 3.8) is 0 Å². The number of halogens is 3. The Hall–Kier alpha value is -2.26. The van der Waals surface area contributed by atoms with Gasteiger partial charge in [-0.3, -0.25) is 9.89 Å². The van der Waals surface area contributed by atoms with Gasteiger partial charge in [-0.15, -0.1) is 21.6 Å². The van der Waals surface area contributed by atoms with Crippen molar-refractivity contribution in [2.45, 2.75) is 6.92 Å². The third kappa shape index (κ3) is 4.20. The molecule has 146 valence electrons. The number of hydrogen-bond donors (Lipinski definition) is 1. The summed E-state index contributed by atoms with van der Waals surface area (Å²) in [4.78, 5) is 17.4. The third-order valence-electron chi connectivity index (χ3n) is 4.03. The molecule has 0 unspecified atom stereocenters. The fourth-order valence-electron chi connectivity index (χ4n) is 2.58. The first-order valence-corrected chi connectivity index (χ1v) is 10.8. The van der Waals surface area contributed by atoms with Crippen molar-refractivity contribution in [1.82, 2.24) is 14.8 Å². The highest BCUT2D eigenvalue weighted by Gasteiger charge is 2.15. The van der Waals surface area contributed by atoms with Crippen molar-refractivity contribution in [3.05, 3.63) is 78.4 Å². The van der Waals surface area contributed by atoms with E-state index >= 15 is 0 Å². The molecule has 0 spiro atoms. The van der Waals surface area contributed by atoms with Crippen molar-refractivity contribution < 1.29 is 0 Å². The van der Waals surface area contributed by atoms with Gasteiger partial charge in [-0.1, -0.05) is 51.3 Å². The molecule has 0 atom stereocenters. The Labute approximate surface area is 188 Å². The number of aryl methyl sites for hydroxylation is 1. The molecule has 29 heavy (non-hydrogen) atoms. The van der Waals surface area contributed by atoms with Crippen LogP contribution in [0.5, 0.6) is 0 Å². The second-order valence-corrected chi connectivity index (χ2v) is 8.64. The standard InChI is InChI=1S/C19H12BrCl2N5OS/c1-10-17(25-24-15-7-6-13(21)8-14(15)22)18(28)27(26-10)19-23-16(9-29-19)11-2-4-12(20)5-3-11/h2-9,26H,1H3. The average Bonchev–Trinajstić information content (AvgIpc) is 3.27. The summed E-state index contributed by atoms with van der Waals surface area (Å²) >= 11 is 16.8. The number of rotatable bonds is 4. The first-order valence-electron chi connectivity index (χ1n) is 8.32. The lowest BCUT2D eigenvalue weighted by Gasteiger charge is -1.97. The topological polar surface area (TPSA) is 75.4 Å². The fourth-order valence-corrected chi connectivity index (χ4v) is 4.08. The maximum absolute atomic E-state index is 12.8. The number of nitrogens with one attached hydrogen (secondary N) is 1. The van der Waals surface area contributed by atoms with Gasteiger partial charge in [0, 0.05) is 20.4 Å². The second-order valence-electron chi connectivity index (χ2n) is 6.04. The summed E-state index contributed by atoms with van der Waals surface area (Å²) in [6, 6.07) is 12.7. The van der Waals surface area contributed by atoms with Crippen LogP contribution in [0, 0.1) is 6.92 Å². The van der Waals surface area contributed by atoms with Crippen LogP contribution in [-0.4, -0.2) is 14.8 Å². The van der Waals surface area contributed by atoms with Gasteiger partial charge >= 0.3 is 5.56 Å². The number of hydrogen-bond acceptors (Lipinski definition) is 5. The molecule has 0 radical (unpaired) electrons. The number of benzene rings is 2. The Morgan fingerprint density at radius 2 is 1.90 bits per heavy atom. The normalized spacial score (nSPS) is 11.4. The SMILES string of the molecule is Cc1[nH]n(-c2nc(-c3ccc(Br)cc3)cs2)c(=O)c1N=Nc1ccc(Cl)cc1Cl. The summed E-state index contributed by atoms with van der Waals surface area (Å²) in [7, 11) is 0. The van der Waals surface area contributed by atoms with E-state index in [0.29, 0.717) is 26.6 Å². The molecule has 10 heteroatoms. The predicted octanol–water partition coefficient (Wildman–Crippen LogP) is 7.08. The Kier molecular flexibility index (Phi) is 5.69. The van der Waals surface area contributed by atoms with Crippen LogP contribution < -0.4 is 5.56 Å². The summed E-state index contributed by atoms with van der Waals surface area (Å²) in [5.74, 6) is 0. The monoisotopic (exact) mass is 507 g/mol. The van der Waals surface area contributed by atoms with Crippen LogP contribution in [-0.2, 0) is 0 Å². The van der Waals surface area contributed by atoms with E-state index in [1.54, 1.807) is 25.1 Å². The molecule has 0 amide bonds. The van der Waals surface area contributed by atoms with Gasteiger partial charge in [-0.25, -0.2) is 4.98 Å². The summed E-state index contributed by atoms with van der Waals surface area (Å²) in [6.07, 6.45) is 0. The fraction of sp³-hybridized carbons (Fsp3) is 0.0526. The minimum absolute atomic E-state index is 0.191. The summed E-state index contributed by atoms with van der Waals surface area (Å²) < 4.78 is 2.35. The van der Waals surface area contributed by atoms with Gasteiger partial charge in [-0.2, -0.15) is 4.68 Å². The van der Waals surface area contributed by atoms with E-state index in [1.165, 1.54) is 16.0 Å². The first-order chi connectivity index (χ1) is 13.9. The lowest BCUT2D eigenvalue weighted by molar-refractivity contribution is 0.827. The maximum Gasteiger partial charge on any atom is 0.301 e. The van der Waals surface area contributed by atoms with Crippen LogP contribution in [0.4, 0.5) is 11.4 Å². The second kappa shape index (κ2) is 8.23. The lowest BCUT2D eigenvalue weighted by atomic mass is 10.2. The number of nitrogens with zero attached hydrogens (tertiary/aromatic N) is 4. The highest BCUT2D eigenvalue weighted by atomic mass is 79.9. The van der Waals surface area contributed by atoms with Gasteiger partial charge < -0.3 is 0 Å². The van der Waals surface area contributed by atoms with E-state index in [-0.39, 0.29) is 11.2 Å². The number of azo groups is 1. The van der Waals surface area contributed by atoms with Crippen molar-refractivity contribution in [2.75, 3.05) is 0 Å². The van der Waals surface area contributed by atoms with Crippen molar-refractivity contribution in [1.29, 1.82) is 0 Å². The van der Waals surface area contributed by atoms with E-state index < -0.39 is 0 Å². The van der Waals surface area contributed by atoms with Gasteiger partial charge in [0.15, 0.2) is 5.69 Å². The van der Waals surface area contributed by atoms with Crippen LogP contribution >= 0.6 is 50.5 Å². The lowest BCUT2D eigenvalue weighted by Crippen LogP contribution is -2.13. The Morgan fingerprint density at radius 3 is 2.62 bits per heavy atom. The maximum atomic E-state index is 12.8. The van der Waals surface area contributed by atoms with Gasteiger partial charge in [0.2, 0.25) is 5.13 Å². The Bertz CT molecular complexity index is 1280. The average molecular weight is 509 g/mol. The number of aromatic amines is 1. The zero-order chi connectivity index (χ0) is 20.5. The molecular formula is C19H12BrCl2N5OS. The molecule has 2 heterocycles. The minimum atomic E-state index is -0.340. The highest BCUT2D eigenvalue weighted by Crippen LogP contribution is 2.30. The smallest absolute Gasteiger partial charge is 0.291 e. The summed E-state index contributed by atoms with van der Waals surface area (Å²) in [5, 5.41) is 14.4. The number of H-pyrrole nitrogens is 1. The zero-order valence-corrected chi connectivity index (χ0v) is 18.8. The van der Waals surface area contributed by atoms with E-state index in [0.717, 1.165) is 15.7 Å². The number of thiazole rings is 1. The molecule has 4 rings (SSSR count). The van der Waals surface area contributed by atoms with Crippen LogP contribution in [0.15, 0.2) is 67.3 Å². The Balaban J connectivity index is 1.66. The highest BCUT2D eigenvalue weighted by molar-refractivity contribution is 9.10. The molecule has 0 bridgehead atoms. The van der Waals surface area contributed by atoms with Crippen molar-refractivity contribution in [2.24, 2.45) is 10.2 Å². The molecule has 6 nitrogen and oxygen atoms in total. The first kappa shape index (κ1) is 20.0. The minimum Gasteiger partial charge on any atom is -0.291 e. The Morgan fingerprint density at radius 1 is 1.14 bits per heavy atom. The third-order valence-corrected chi connectivity index (χ3v) is 5.92. The zero-order valence-electron chi connectivity index (χ0n) is 14.9. The molecule has 0 aliphatic rings. The molecule has 0 saturated heterocycles. The van der Waals surface area contributed by atoms with Crippen LogP contribution in [0.2, 0.25) is 10.0 Å². The largest absolute Gasteiger partial charge is 0.301 e. The van der Waals surface area contributed by atoms with E-state index in [9.17, 15) is 4.79 Å². The molecule has 2 aromatic carbocycles. The molecule has 0 fully saturated rings. The number of aromatic nitrogens is 3. The molecule has 0 aliphatic carbocycles. The molecular weight excluding hydrogens is 497 g/mol. The van der Waals surface area contributed by atoms with Crippen molar-refractivity contribution in [3.8, 4) is 16.4 Å². The molecule has 0 saturated carbocycles. The van der Waals surface area contributed by atoms with E-state index in [1.807, 2.05) is 29.6 Å². The van der Waals surface area contributed by atoms with E-state index in [4.69, 9.17) is 23.2 Å². The predicted molar refractivity (Wildman–Crippen MR) is 121 cm³/mol. The van der Waals surface area contributed by atoms with Gasteiger partial charge in [0.05, 0.1) is 16.4 Å². The van der Waals surface area contributed by atoms with Gasteiger partial charge in [-0.05, 0) is 37.3 Å². The van der Waals surface area contributed by atoms with Gasteiger partial charge in [0.1, 0.15) is 5.69 Å². The summed E-state index contributed by atoms with van der Waals surface area (Å²) in [6.45, 7) is 1.75. The molecule has 2 aromatic heterocycles. The van der Waals surface area contributed by atoms with Crippen LogP contribution in [0.3, 0.4) is 0 Å². The van der Waals surface area contributed by atoms with Gasteiger partial charge in [0.25, 0.3) is 0 Å². The molecule has 4 aromatic rings. The molecule has 1 N–H and O–H groups in total. The van der Waals surface area contributed by atoms with Crippen molar-refractivity contribution >= 4 is 61.8 Å². The van der Waals surface area contributed by atoms with Crippen LogP contribution in [0.1, 0.15) is 5.69 Å². The molecule has 0 aliphatic heterocycles. The summed E-state index contributed by atoms with van der Waals surface area (Å²) in [5.41, 5.74) is 2.60. The van der Waals surface area contributed by atoms with Crippen LogP contribution in [0.25, 0.3) is 16.4 Å².